The van der Waals surface area contributed by atoms with Crippen molar-refractivity contribution in [3.05, 3.63) is 125 Å². The summed E-state index contributed by atoms with van der Waals surface area (Å²) in [5.41, 5.74) is 5.04. The highest BCUT2D eigenvalue weighted by molar-refractivity contribution is 6.33. The molecule has 0 saturated carbocycles. The molecule has 4 amide bonds. The largest absolute Gasteiger partial charge is 0.374 e. The summed E-state index contributed by atoms with van der Waals surface area (Å²) in [6.45, 7) is 6.13. The third-order valence-corrected chi connectivity index (χ3v) is 11.8. The van der Waals surface area contributed by atoms with Gasteiger partial charge in [-0.25, -0.2) is 9.37 Å². The molecule has 62 heavy (non-hydrogen) atoms. The summed E-state index contributed by atoms with van der Waals surface area (Å²) < 4.78 is 14.7. The third-order valence-electron chi connectivity index (χ3n) is 11.5. The molecule has 3 aliphatic heterocycles. The van der Waals surface area contributed by atoms with Crippen LogP contribution in [0.5, 0.6) is 0 Å². The molecule has 320 valence electrons. The molecule has 4 aromatic carbocycles. The molecule has 4 heterocycles. The molecule has 1 aromatic heterocycles. The van der Waals surface area contributed by atoms with Crippen molar-refractivity contribution in [1.29, 1.82) is 0 Å². The molecule has 5 N–H and O–H groups in total. The van der Waals surface area contributed by atoms with E-state index in [1.165, 1.54) is 5.69 Å². The number of imide groups is 1. The van der Waals surface area contributed by atoms with E-state index >= 15 is 0 Å². The Hall–Kier alpha value is -6.58. The monoisotopic (exact) mass is 858 g/mol. The molecular formula is C46H48ClFN10O4. The minimum absolute atomic E-state index is 0.0363. The molecule has 0 aliphatic carbocycles. The first-order valence-electron chi connectivity index (χ1n) is 20.9. The van der Waals surface area contributed by atoms with E-state index < -0.39 is 11.9 Å². The molecule has 0 spiro atoms. The summed E-state index contributed by atoms with van der Waals surface area (Å²) in [7, 11) is 0. The minimum Gasteiger partial charge on any atom is -0.374 e. The van der Waals surface area contributed by atoms with Crippen LogP contribution in [0.15, 0.2) is 103 Å². The topological polar surface area (TPSA) is 164 Å². The Labute approximate surface area is 364 Å². The van der Waals surface area contributed by atoms with Crippen LogP contribution in [-0.4, -0.2) is 95.3 Å². The number of benzene rings is 4. The molecule has 3 fully saturated rings. The number of halogens is 2. The van der Waals surface area contributed by atoms with Gasteiger partial charge in [0.2, 0.25) is 23.7 Å². The molecule has 1 unspecified atom stereocenters. The third kappa shape index (κ3) is 10.8. The maximum absolute atomic E-state index is 14.7. The molecule has 3 aliphatic rings. The van der Waals surface area contributed by atoms with E-state index in [2.05, 4.69) is 58.5 Å². The van der Waals surface area contributed by atoms with Crippen LogP contribution in [0, 0.1) is 11.7 Å². The Bertz CT molecular complexity index is 2390. The molecule has 14 nitrogen and oxygen atoms in total. The minimum atomic E-state index is -0.643. The van der Waals surface area contributed by atoms with Gasteiger partial charge in [0.1, 0.15) is 6.04 Å². The zero-order valence-corrected chi connectivity index (χ0v) is 34.8. The summed E-state index contributed by atoms with van der Waals surface area (Å²) in [4.78, 5) is 64.8. The average Bonchev–Trinajstić information content (AvgIpc) is 3.28. The second kappa shape index (κ2) is 19.4. The van der Waals surface area contributed by atoms with Crippen LogP contribution in [0.1, 0.15) is 41.6 Å². The maximum atomic E-state index is 14.7. The first kappa shape index (κ1) is 42.1. The standard InChI is InChI=1S/C46H48ClFN10O4/c47-37-3-1-2-4-39(37)53-44(61)32-7-11-34(12-8-32)51-43-38(48)28-49-46(55-43)52-35-9-5-30(6-10-35)27-42(60)58-25-23-56(24-26-58)29-31-19-21-57(22-20-31)36-15-13-33(14-16-36)50-40-17-18-41(59)54-45(40)62/h1-16,28,31,40,50H,17-27,29H2,(H,53,61)(H,54,59,62)(H2,49,51,52,55). The SMILES string of the molecule is O=C1CCC(Nc2ccc(N3CCC(CN4CCN(C(=O)Cc5ccc(Nc6ncc(F)c(Nc7ccc(C(=O)Nc8ccccc8Cl)cc7)n6)cc5)CC4)CC3)cc2)C(=O)N1. The summed E-state index contributed by atoms with van der Waals surface area (Å²) in [5, 5.41) is 14.9. The molecule has 0 radical (unpaired) electrons. The molecule has 8 rings (SSSR count). The number of para-hydroxylation sites is 1. The normalized spacial score (nSPS) is 17.3. The van der Waals surface area contributed by atoms with Crippen LogP contribution in [0.25, 0.3) is 0 Å². The Balaban J connectivity index is 0.746. The molecular weight excluding hydrogens is 811 g/mol. The van der Waals surface area contributed by atoms with Crippen LogP contribution >= 0.6 is 11.6 Å². The number of aromatic nitrogens is 2. The average molecular weight is 859 g/mol. The van der Waals surface area contributed by atoms with Crippen LogP contribution in [0.2, 0.25) is 5.02 Å². The Morgan fingerprint density at radius 3 is 2.18 bits per heavy atom. The van der Waals surface area contributed by atoms with E-state index in [9.17, 15) is 23.6 Å². The lowest BCUT2D eigenvalue weighted by molar-refractivity contribution is -0.134. The van der Waals surface area contributed by atoms with E-state index in [1.54, 1.807) is 48.5 Å². The number of nitrogens with zero attached hydrogens (tertiary/aromatic N) is 5. The highest BCUT2D eigenvalue weighted by Gasteiger charge is 2.28. The smallest absolute Gasteiger partial charge is 0.255 e. The van der Waals surface area contributed by atoms with E-state index in [-0.39, 0.29) is 35.4 Å². The highest BCUT2D eigenvalue weighted by atomic mass is 35.5. The number of hydrogen-bond donors (Lipinski definition) is 5. The van der Waals surface area contributed by atoms with Crippen LogP contribution in [0.4, 0.5) is 44.6 Å². The van der Waals surface area contributed by atoms with Crippen LogP contribution in [-0.2, 0) is 20.8 Å². The van der Waals surface area contributed by atoms with Gasteiger partial charge in [-0.15, -0.1) is 0 Å². The fraction of sp³-hybridized carbons (Fsp3) is 0.304. The Morgan fingerprint density at radius 2 is 1.47 bits per heavy atom. The lowest BCUT2D eigenvalue weighted by atomic mass is 9.95. The van der Waals surface area contributed by atoms with Gasteiger partial charge in [0.25, 0.3) is 5.91 Å². The van der Waals surface area contributed by atoms with Crippen molar-refractivity contribution >= 4 is 75.4 Å². The van der Waals surface area contributed by atoms with Crippen molar-refractivity contribution < 1.29 is 23.6 Å². The quantitative estimate of drug-likeness (QED) is 0.0789. The van der Waals surface area contributed by atoms with Gasteiger partial charge in [0.05, 0.1) is 23.3 Å². The van der Waals surface area contributed by atoms with Crippen molar-refractivity contribution in [3.8, 4) is 0 Å². The number of rotatable bonds is 13. The number of amides is 4. The van der Waals surface area contributed by atoms with Crippen LogP contribution in [0.3, 0.4) is 0 Å². The van der Waals surface area contributed by atoms with Gasteiger partial charge in [0.15, 0.2) is 11.6 Å². The van der Waals surface area contributed by atoms with Crippen molar-refractivity contribution in [1.82, 2.24) is 25.1 Å². The highest BCUT2D eigenvalue weighted by Crippen LogP contribution is 2.27. The van der Waals surface area contributed by atoms with Crippen molar-refractivity contribution in [2.45, 2.75) is 38.1 Å². The predicted molar refractivity (Wildman–Crippen MR) is 239 cm³/mol. The summed E-state index contributed by atoms with van der Waals surface area (Å²) in [5.74, 6) is -0.606. The summed E-state index contributed by atoms with van der Waals surface area (Å²) in [6, 6.07) is 28.7. The first-order chi connectivity index (χ1) is 30.1. The number of carbonyl (C=O) groups excluding carboxylic acids is 4. The second-order valence-corrected chi connectivity index (χ2v) is 16.2. The van der Waals surface area contributed by atoms with Crippen molar-refractivity contribution in [3.63, 3.8) is 0 Å². The second-order valence-electron chi connectivity index (χ2n) is 15.8. The number of carbonyl (C=O) groups is 4. The zero-order chi connectivity index (χ0) is 43.0. The fourth-order valence-corrected chi connectivity index (χ4v) is 8.14. The Morgan fingerprint density at radius 1 is 0.790 bits per heavy atom. The number of piperidine rings is 2. The van der Waals surface area contributed by atoms with Gasteiger partial charge >= 0.3 is 0 Å². The molecule has 3 saturated heterocycles. The van der Waals surface area contributed by atoms with Gasteiger partial charge in [0, 0.05) is 80.5 Å². The van der Waals surface area contributed by atoms with Gasteiger partial charge < -0.3 is 31.1 Å². The van der Waals surface area contributed by atoms with E-state index in [0.717, 1.165) is 63.0 Å². The van der Waals surface area contributed by atoms with Gasteiger partial charge in [-0.1, -0.05) is 35.9 Å². The van der Waals surface area contributed by atoms with Gasteiger partial charge in [-0.05, 0) is 104 Å². The zero-order valence-electron chi connectivity index (χ0n) is 34.1. The van der Waals surface area contributed by atoms with Crippen molar-refractivity contribution in [2.24, 2.45) is 5.92 Å². The molecule has 16 heteroatoms. The van der Waals surface area contributed by atoms with E-state index in [1.807, 2.05) is 41.3 Å². The lowest BCUT2D eigenvalue weighted by Gasteiger charge is -2.39. The van der Waals surface area contributed by atoms with Gasteiger partial charge in [-0.2, -0.15) is 4.98 Å². The molecule has 1 atom stereocenters. The first-order valence-corrected chi connectivity index (χ1v) is 21.3. The summed E-state index contributed by atoms with van der Waals surface area (Å²) >= 11 is 6.16. The van der Waals surface area contributed by atoms with Crippen LogP contribution < -0.4 is 31.5 Å². The Kier molecular flexibility index (Phi) is 13.2. The lowest BCUT2D eigenvalue weighted by Crippen LogP contribution is -2.50. The van der Waals surface area contributed by atoms with Crippen molar-refractivity contribution in [2.75, 3.05) is 72.0 Å². The van der Waals surface area contributed by atoms with Gasteiger partial charge in [-0.3, -0.25) is 29.4 Å². The predicted octanol–water partition coefficient (Wildman–Crippen LogP) is 6.83. The number of piperazine rings is 1. The molecule has 5 aromatic rings. The van der Waals surface area contributed by atoms with E-state index in [4.69, 9.17) is 11.6 Å². The molecule has 0 bridgehead atoms. The number of nitrogens with one attached hydrogen (secondary N) is 5. The summed E-state index contributed by atoms with van der Waals surface area (Å²) in [6.07, 6.45) is 4.43. The number of hydrogen-bond acceptors (Lipinski definition) is 11. The fourth-order valence-electron chi connectivity index (χ4n) is 7.95. The van der Waals surface area contributed by atoms with E-state index in [0.29, 0.717) is 65.9 Å². The maximum Gasteiger partial charge on any atom is 0.255 e. The number of anilines is 7.